The number of rotatable bonds is 8. The van der Waals surface area contributed by atoms with E-state index in [0.717, 1.165) is 9.99 Å². The molecule has 2 aromatic heterocycles. The van der Waals surface area contributed by atoms with E-state index in [4.69, 9.17) is 10.2 Å². The van der Waals surface area contributed by atoms with Crippen molar-refractivity contribution in [1.29, 1.82) is 0 Å². The van der Waals surface area contributed by atoms with Gasteiger partial charge in [0, 0.05) is 0 Å². The van der Waals surface area contributed by atoms with Gasteiger partial charge in [-0.15, -0.1) is 0 Å². The fourth-order valence-electron chi connectivity index (χ4n) is 2.06. The summed E-state index contributed by atoms with van der Waals surface area (Å²) in [5, 5.41) is 4.30. The Kier molecular flexibility index (Phi) is 6.72. The van der Waals surface area contributed by atoms with Gasteiger partial charge >= 0.3 is 155 Å². The van der Waals surface area contributed by atoms with E-state index >= 15 is 0 Å². The van der Waals surface area contributed by atoms with Gasteiger partial charge in [-0.2, -0.15) is 0 Å². The Hall–Kier alpha value is -1.74. The number of hydrogen-bond acceptors (Lipinski definition) is 7. The molecule has 0 aliphatic heterocycles. The van der Waals surface area contributed by atoms with Gasteiger partial charge in [-0.05, 0) is 0 Å². The summed E-state index contributed by atoms with van der Waals surface area (Å²) >= 11 is 2.43. The summed E-state index contributed by atoms with van der Waals surface area (Å²) in [6.07, 6.45) is 5.09. The number of nitrogens with two attached hydrogens (primary N) is 1. The number of sulfone groups is 1. The Labute approximate surface area is 155 Å². The Morgan fingerprint density at radius 3 is 2.84 bits per heavy atom. The van der Waals surface area contributed by atoms with Crippen molar-refractivity contribution in [3.8, 4) is 0 Å². The van der Waals surface area contributed by atoms with Crippen LogP contribution in [-0.4, -0.2) is 47.7 Å². The molecular weight excluding hydrogens is 379 g/mol. The van der Waals surface area contributed by atoms with Crippen LogP contribution in [0.25, 0.3) is 12.7 Å². The molecule has 0 spiro atoms. The first-order valence-corrected chi connectivity index (χ1v) is 10.3. The van der Waals surface area contributed by atoms with E-state index < -0.39 is 9.84 Å². The first kappa shape index (κ1) is 19.6. The van der Waals surface area contributed by atoms with Crippen molar-refractivity contribution in [2.45, 2.75) is 6.42 Å². The Bertz CT molecular complexity index is 970. The van der Waals surface area contributed by atoms with Gasteiger partial charge in [0.25, 0.3) is 0 Å². The van der Waals surface area contributed by atoms with Crippen LogP contribution in [0.2, 0.25) is 0 Å². The number of aromatic nitrogens is 2. The summed E-state index contributed by atoms with van der Waals surface area (Å²) in [7, 11) is -2.93. The van der Waals surface area contributed by atoms with Gasteiger partial charge in [0.2, 0.25) is 0 Å². The van der Waals surface area contributed by atoms with E-state index in [0.29, 0.717) is 41.7 Å². The third-order valence-electron chi connectivity index (χ3n) is 3.39. The topological polar surface area (TPSA) is 111 Å². The van der Waals surface area contributed by atoms with Gasteiger partial charge in [-0.1, -0.05) is 0 Å². The molecule has 2 rings (SSSR count). The van der Waals surface area contributed by atoms with Gasteiger partial charge in [0.05, 0.1) is 0 Å². The number of nitrogen functional groups attached to an aromatic ring is 1. The van der Waals surface area contributed by atoms with E-state index in [1.165, 1.54) is 12.6 Å². The molecule has 7 nitrogen and oxygen atoms in total. The Balaban J connectivity index is 1.97. The van der Waals surface area contributed by atoms with Crippen molar-refractivity contribution < 1.29 is 29.8 Å². The van der Waals surface area contributed by atoms with Crippen LogP contribution in [-0.2, 0) is 33.2 Å². The van der Waals surface area contributed by atoms with Crippen molar-refractivity contribution >= 4 is 32.5 Å². The molecule has 3 N–H and O–H groups in total. The van der Waals surface area contributed by atoms with Crippen molar-refractivity contribution in [1.82, 2.24) is 15.3 Å². The molecule has 0 unspecified atom stereocenters. The zero-order valence-corrected chi connectivity index (χ0v) is 16.1. The van der Waals surface area contributed by atoms with Crippen LogP contribution in [0.5, 0.6) is 0 Å². The van der Waals surface area contributed by atoms with Crippen molar-refractivity contribution in [3.63, 3.8) is 0 Å². The quantitative estimate of drug-likeness (QED) is 0.536. The maximum absolute atomic E-state index is 11.1. The van der Waals surface area contributed by atoms with Gasteiger partial charge in [0.15, 0.2) is 0 Å². The molecule has 0 saturated carbocycles. The second-order valence-electron chi connectivity index (χ2n) is 5.54. The van der Waals surface area contributed by atoms with Crippen LogP contribution in [0.1, 0.15) is 11.5 Å². The van der Waals surface area contributed by atoms with Crippen molar-refractivity contribution in [2.75, 3.05) is 30.8 Å². The van der Waals surface area contributed by atoms with Crippen LogP contribution >= 0.6 is 0 Å². The second-order valence-corrected chi connectivity index (χ2v) is 8.56. The van der Waals surface area contributed by atoms with Gasteiger partial charge in [0.1, 0.15) is 0 Å². The summed E-state index contributed by atoms with van der Waals surface area (Å²) in [5.41, 5.74) is 5.85. The number of nitrogens with one attached hydrogen (secondary N) is 1. The molecule has 0 aliphatic carbocycles. The molecule has 0 radical (unpaired) electrons. The maximum atomic E-state index is 11.1. The molecule has 0 saturated heterocycles. The van der Waals surface area contributed by atoms with Gasteiger partial charge in [-0.25, -0.2) is 0 Å². The van der Waals surface area contributed by atoms with Crippen LogP contribution in [0, 0.1) is 0 Å². The van der Waals surface area contributed by atoms with Gasteiger partial charge in [-0.3, -0.25) is 0 Å². The van der Waals surface area contributed by atoms with Crippen LogP contribution in [0.4, 0.5) is 5.82 Å². The first-order chi connectivity index (χ1) is 11.8. The molecule has 133 valence electrons. The van der Waals surface area contributed by atoms with Crippen molar-refractivity contribution in [2.24, 2.45) is 0 Å². The molecule has 0 aliphatic rings. The third-order valence-corrected chi connectivity index (χ3v) is 4.88. The fourth-order valence-corrected chi connectivity index (χ4v) is 2.96. The summed E-state index contributed by atoms with van der Waals surface area (Å²) in [6, 6.07) is 3.77. The molecule has 9 heteroatoms. The molecule has 0 bridgehead atoms. The average molecular weight is 399 g/mol. The van der Waals surface area contributed by atoms with Crippen LogP contribution in [0.3, 0.4) is 0 Å². The monoisotopic (exact) mass is 399 g/mol. The van der Waals surface area contributed by atoms with E-state index in [-0.39, 0.29) is 5.75 Å². The van der Waals surface area contributed by atoms with Crippen LogP contribution in [0.15, 0.2) is 22.9 Å². The van der Waals surface area contributed by atoms with Crippen molar-refractivity contribution in [3.05, 3.63) is 40.5 Å². The zero-order chi connectivity index (χ0) is 18.4. The zero-order valence-electron chi connectivity index (χ0n) is 13.9. The number of anilines is 1. The third kappa shape index (κ3) is 6.24. The van der Waals surface area contributed by atoms with E-state index in [1.807, 2.05) is 18.2 Å². The number of furan rings is 1. The van der Waals surface area contributed by atoms with Gasteiger partial charge < -0.3 is 0 Å². The minimum atomic E-state index is -2.93. The van der Waals surface area contributed by atoms with E-state index in [9.17, 15) is 8.42 Å². The molecule has 0 amide bonds. The summed E-state index contributed by atoms with van der Waals surface area (Å²) in [4.78, 5) is 7.99. The molecule has 0 atom stereocenters. The predicted molar refractivity (Wildman–Crippen MR) is 94.8 cm³/mol. The first-order valence-electron chi connectivity index (χ1n) is 7.57. The molecule has 2 aromatic rings. The Morgan fingerprint density at radius 2 is 2.16 bits per heavy atom. The summed E-state index contributed by atoms with van der Waals surface area (Å²) in [6.45, 7) is 4.92. The standard InChI is InChI=1S/C16H20N4O3S.V/c1-12-15(16(17)20-11-19-12)6-5-13-3-4-14(23-13)7-8-18-9-10-24(2,21)22;/h3-4,6,11,18H,1,7-10H2,2H3,(H2,17,19,20);. The molecule has 2 heterocycles. The SMILES string of the molecule is C=c1ncnc(N)c1=C[C](=[V])c1ccc(CCNCCS(C)(=O)=O)o1. The van der Waals surface area contributed by atoms with E-state index in [2.05, 4.69) is 38.8 Å². The summed E-state index contributed by atoms with van der Waals surface area (Å²) in [5.74, 6) is 2.01. The molecule has 0 aromatic carbocycles. The molecule has 25 heavy (non-hydrogen) atoms. The average Bonchev–Trinajstić information content (AvgIpc) is 2.98. The van der Waals surface area contributed by atoms with E-state index in [1.54, 1.807) is 0 Å². The minimum absolute atomic E-state index is 0.129. The molecular formula is C16H20N4O3SV. The number of hydrogen-bond donors (Lipinski definition) is 2. The normalized spacial score (nSPS) is 12.4. The second kappa shape index (κ2) is 8.57. The fraction of sp³-hybridized carbons (Fsp3) is 0.312. The Morgan fingerprint density at radius 1 is 1.40 bits per heavy atom. The summed E-state index contributed by atoms with van der Waals surface area (Å²) < 4.78 is 28.7. The van der Waals surface area contributed by atoms with Crippen LogP contribution < -0.4 is 21.6 Å². The molecule has 0 fully saturated rings. The predicted octanol–water partition coefficient (Wildman–Crippen LogP) is -1.21. The number of nitrogens with zero attached hydrogens (tertiary/aromatic N) is 2.